The van der Waals surface area contributed by atoms with Crippen LogP contribution in [0.2, 0.25) is 0 Å². The van der Waals surface area contributed by atoms with E-state index in [0.717, 1.165) is 5.56 Å². The summed E-state index contributed by atoms with van der Waals surface area (Å²) in [7, 11) is 0. The van der Waals surface area contributed by atoms with E-state index in [1.165, 1.54) is 0 Å². The smallest absolute Gasteiger partial charge is 0.318 e. The lowest BCUT2D eigenvalue weighted by Gasteiger charge is -2.10. The molecule has 1 rings (SSSR count). The standard InChI is InChI=1S/C11H13N3O3S/c1-6-2-3-7(10(12)18)4-8(6)17-5-9(15)14-11(13)16/h2-4H,5H2,1H3,(H2,12,18)(H3,13,14,15,16). The maximum atomic E-state index is 11.2. The summed E-state index contributed by atoms with van der Waals surface area (Å²) in [6.07, 6.45) is 0. The molecule has 0 heterocycles. The molecule has 0 saturated heterocycles. The average Bonchev–Trinajstić information content (AvgIpc) is 2.26. The van der Waals surface area contributed by atoms with Crippen LogP contribution in [0.15, 0.2) is 18.2 Å². The summed E-state index contributed by atoms with van der Waals surface area (Å²) in [6, 6.07) is 4.25. The van der Waals surface area contributed by atoms with Gasteiger partial charge in [-0.05, 0) is 18.6 Å². The van der Waals surface area contributed by atoms with E-state index >= 15 is 0 Å². The minimum atomic E-state index is -0.919. The molecule has 3 amide bonds. The van der Waals surface area contributed by atoms with Crippen molar-refractivity contribution in [2.75, 3.05) is 6.61 Å². The molecule has 96 valence electrons. The Morgan fingerprint density at radius 3 is 2.61 bits per heavy atom. The number of nitrogens with one attached hydrogen (secondary N) is 1. The predicted octanol–water partition coefficient (Wildman–Crippen LogP) is 0.203. The van der Waals surface area contributed by atoms with Gasteiger partial charge in [0.25, 0.3) is 5.91 Å². The number of carbonyl (C=O) groups is 2. The van der Waals surface area contributed by atoms with Gasteiger partial charge in [-0.3, -0.25) is 10.1 Å². The molecule has 1 aromatic carbocycles. The number of ether oxygens (including phenoxy) is 1. The molecule has 0 fully saturated rings. The summed E-state index contributed by atoms with van der Waals surface area (Å²) in [4.78, 5) is 21.8. The molecule has 0 spiro atoms. The highest BCUT2D eigenvalue weighted by molar-refractivity contribution is 7.80. The molecule has 1 aromatic rings. The minimum absolute atomic E-state index is 0.237. The molecule has 0 saturated carbocycles. The van der Waals surface area contributed by atoms with Crippen molar-refractivity contribution in [2.45, 2.75) is 6.92 Å². The summed E-state index contributed by atoms with van der Waals surface area (Å²) in [6.45, 7) is 1.50. The third-order valence-corrected chi connectivity index (χ3v) is 2.33. The summed E-state index contributed by atoms with van der Waals surface area (Å²) in [5, 5.41) is 1.89. The van der Waals surface area contributed by atoms with Crippen molar-refractivity contribution in [3.63, 3.8) is 0 Å². The van der Waals surface area contributed by atoms with Crippen molar-refractivity contribution in [2.24, 2.45) is 11.5 Å². The lowest BCUT2D eigenvalue weighted by Crippen LogP contribution is -2.38. The van der Waals surface area contributed by atoms with Crippen molar-refractivity contribution >= 4 is 29.1 Å². The SMILES string of the molecule is Cc1ccc(C(N)=S)cc1OCC(=O)NC(N)=O. The topological polar surface area (TPSA) is 107 Å². The highest BCUT2D eigenvalue weighted by Gasteiger charge is 2.08. The molecular formula is C11H13N3O3S. The van der Waals surface area contributed by atoms with E-state index < -0.39 is 11.9 Å². The van der Waals surface area contributed by atoms with Crippen LogP contribution in [0.1, 0.15) is 11.1 Å². The first-order valence-corrected chi connectivity index (χ1v) is 5.43. The normalized spacial score (nSPS) is 9.61. The molecule has 0 aliphatic heterocycles. The molecule has 0 aliphatic carbocycles. The van der Waals surface area contributed by atoms with Gasteiger partial charge in [-0.1, -0.05) is 24.4 Å². The van der Waals surface area contributed by atoms with E-state index in [4.69, 9.17) is 28.4 Å². The Hall–Kier alpha value is -2.15. The summed E-state index contributed by atoms with van der Waals surface area (Å²) in [5.74, 6) is -0.150. The highest BCUT2D eigenvalue weighted by Crippen LogP contribution is 2.19. The van der Waals surface area contributed by atoms with Gasteiger partial charge in [0.15, 0.2) is 6.61 Å². The zero-order valence-corrected chi connectivity index (χ0v) is 10.5. The monoisotopic (exact) mass is 267 g/mol. The van der Waals surface area contributed by atoms with Gasteiger partial charge in [0, 0.05) is 5.56 Å². The maximum Gasteiger partial charge on any atom is 0.318 e. The molecule has 0 unspecified atom stereocenters. The Bertz CT molecular complexity index is 502. The van der Waals surface area contributed by atoms with Crippen LogP contribution in [0.3, 0.4) is 0 Å². The van der Waals surface area contributed by atoms with Gasteiger partial charge in [0.05, 0.1) is 0 Å². The van der Waals surface area contributed by atoms with E-state index in [2.05, 4.69) is 0 Å². The number of primary amides is 1. The summed E-state index contributed by atoms with van der Waals surface area (Å²) >= 11 is 4.84. The first-order chi connectivity index (χ1) is 8.40. The van der Waals surface area contributed by atoms with Gasteiger partial charge in [-0.25, -0.2) is 4.79 Å². The third-order valence-electron chi connectivity index (χ3n) is 2.09. The van der Waals surface area contributed by atoms with Crippen molar-refractivity contribution in [3.05, 3.63) is 29.3 Å². The largest absolute Gasteiger partial charge is 0.483 e. The maximum absolute atomic E-state index is 11.2. The summed E-state index contributed by atoms with van der Waals surface area (Å²) in [5.41, 5.74) is 11.7. The number of nitrogens with two attached hydrogens (primary N) is 2. The van der Waals surface area contributed by atoms with Crippen LogP contribution < -0.4 is 21.5 Å². The van der Waals surface area contributed by atoms with E-state index in [0.29, 0.717) is 11.3 Å². The molecule has 5 N–H and O–H groups in total. The van der Waals surface area contributed by atoms with Crippen molar-refractivity contribution in [3.8, 4) is 5.75 Å². The van der Waals surface area contributed by atoms with E-state index in [9.17, 15) is 9.59 Å². The number of hydrogen-bond acceptors (Lipinski definition) is 4. The Kier molecular flexibility index (Phi) is 4.61. The van der Waals surface area contributed by atoms with Gasteiger partial charge >= 0.3 is 6.03 Å². The minimum Gasteiger partial charge on any atom is -0.483 e. The van der Waals surface area contributed by atoms with Crippen LogP contribution in [-0.4, -0.2) is 23.5 Å². The molecule has 6 nitrogen and oxygen atoms in total. The van der Waals surface area contributed by atoms with E-state index in [1.807, 2.05) is 12.2 Å². The second kappa shape index (κ2) is 5.97. The van der Waals surface area contributed by atoms with Crippen LogP contribution in [0.4, 0.5) is 4.79 Å². The molecule has 0 aromatic heterocycles. The van der Waals surface area contributed by atoms with Gasteiger partial charge in [-0.15, -0.1) is 0 Å². The number of carbonyl (C=O) groups excluding carboxylic acids is 2. The number of urea groups is 1. The number of hydrogen-bond donors (Lipinski definition) is 3. The van der Waals surface area contributed by atoms with Crippen molar-refractivity contribution < 1.29 is 14.3 Å². The first-order valence-electron chi connectivity index (χ1n) is 5.02. The number of rotatable bonds is 4. The molecule has 0 atom stereocenters. The highest BCUT2D eigenvalue weighted by atomic mass is 32.1. The quantitative estimate of drug-likeness (QED) is 0.676. The number of aryl methyl sites for hydroxylation is 1. The van der Waals surface area contributed by atoms with E-state index in [-0.39, 0.29) is 11.6 Å². The fraction of sp³-hybridized carbons (Fsp3) is 0.182. The molecule has 0 bridgehead atoms. The van der Waals surface area contributed by atoms with Gasteiger partial charge in [-0.2, -0.15) is 0 Å². The first kappa shape index (κ1) is 13.9. The lowest BCUT2D eigenvalue weighted by atomic mass is 10.1. The Morgan fingerprint density at radius 2 is 2.06 bits per heavy atom. The van der Waals surface area contributed by atoms with Crippen molar-refractivity contribution in [1.29, 1.82) is 0 Å². The van der Waals surface area contributed by atoms with Crippen LogP contribution in [0.25, 0.3) is 0 Å². The third kappa shape index (κ3) is 4.02. The zero-order valence-electron chi connectivity index (χ0n) is 9.73. The van der Waals surface area contributed by atoms with Gasteiger partial charge < -0.3 is 16.2 Å². The second-order valence-electron chi connectivity index (χ2n) is 3.55. The summed E-state index contributed by atoms with van der Waals surface area (Å²) < 4.78 is 5.26. The van der Waals surface area contributed by atoms with Crippen LogP contribution in [0.5, 0.6) is 5.75 Å². The number of thiocarbonyl (C=S) groups is 1. The number of benzene rings is 1. The van der Waals surface area contributed by atoms with Crippen LogP contribution >= 0.6 is 12.2 Å². The molecule has 7 heteroatoms. The Balaban J connectivity index is 2.72. The predicted molar refractivity (Wildman–Crippen MR) is 70.3 cm³/mol. The molecule has 0 radical (unpaired) electrons. The van der Waals surface area contributed by atoms with Crippen LogP contribution in [-0.2, 0) is 4.79 Å². The number of imide groups is 1. The molecular weight excluding hydrogens is 254 g/mol. The molecule has 18 heavy (non-hydrogen) atoms. The fourth-order valence-corrected chi connectivity index (χ4v) is 1.35. The zero-order chi connectivity index (χ0) is 13.7. The molecule has 0 aliphatic rings. The van der Waals surface area contributed by atoms with E-state index in [1.54, 1.807) is 18.2 Å². The lowest BCUT2D eigenvalue weighted by molar-refractivity contribution is -0.121. The second-order valence-corrected chi connectivity index (χ2v) is 3.99. The fourth-order valence-electron chi connectivity index (χ4n) is 1.23. The Labute approximate surface area is 109 Å². The van der Waals surface area contributed by atoms with Gasteiger partial charge in [0.1, 0.15) is 10.7 Å². The Morgan fingerprint density at radius 1 is 1.39 bits per heavy atom. The number of amides is 3. The van der Waals surface area contributed by atoms with Crippen LogP contribution in [0, 0.1) is 6.92 Å². The van der Waals surface area contributed by atoms with Crippen molar-refractivity contribution in [1.82, 2.24) is 5.32 Å². The van der Waals surface area contributed by atoms with Gasteiger partial charge in [0.2, 0.25) is 0 Å². The average molecular weight is 267 g/mol.